The van der Waals surface area contributed by atoms with Crippen molar-refractivity contribution >= 4 is 15.7 Å². The molecule has 0 atom stereocenters. The third-order valence-electron chi connectivity index (χ3n) is 5.08. The fourth-order valence-electron chi connectivity index (χ4n) is 3.74. The molecule has 0 N–H and O–H groups in total. The van der Waals surface area contributed by atoms with Crippen molar-refractivity contribution in [3.63, 3.8) is 0 Å². The molecule has 130 valence electrons. The molecule has 2 fully saturated rings. The minimum Gasteiger partial charge on any atom is -0.375 e. The molecule has 0 spiro atoms. The number of piperidine rings is 1. The van der Waals surface area contributed by atoms with Gasteiger partial charge in [-0.2, -0.15) is 4.31 Å². The highest BCUT2D eigenvalue weighted by atomic mass is 32.2. The number of ether oxygens (including phenoxy) is 1. The van der Waals surface area contributed by atoms with Gasteiger partial charge in [0.25, 0.3) is 10.0 Å². The second-order valence-corrected chi connectivity index (χ2v) is 8.56. The van der Waals surface area contributed by atoms with E-state index in [-0.39, 0.29) is 11.1 Å². The average molecular weight is 349 g/mol. The van der Waals surface area contributed by atoms with Crippen LogP contribution in [-0.2, 0) is 14.8 Å². The maximum Gasteiger partial charge on any atom is 0.260 e. The summed E-state index contributed by atoms with van der Waals surface area (Å²) in [4.78, 5) is 4.20. The Kier molecular flexibility index (Phi) is 4.32. The van der Waals surface area contributed by atoms with Gasteiger partial charge < -0.3 is 4.74 Å². The zero-order chi connectivity index (χ0) is 16.6. The maximum atomic E-state index is 12.9. The SMILES string of the molecule is O=S(=O)(c1cnc2ccccn12)N1CCC(OC2CCCC2)CC1. The van der Waals surface area contributed by atoms with Crippen molar-refractivity contribution in [1.29, 1.82) is 0 Å². The number of rotatable bonds is 4. The minimum absolute atomic E-state index is 0.196. The Morgan fingerprint density at radius 1 is 1.04 bits per heavy atom. The van der Waals surface area contributed by atoms with Gasteiger partial charge in [-0.25, -0.2) is 13.4 Å². The van der Waals surface area contributed by atoms with E-state index in [9.17, 15) is 8.42 Å². The van der Waals surface area contributed by atoms with Gasteiger partial charge in [-0.1, -0.05) is 18.9 Å². The lowest BCUT2D eigenvalue weighted by Crippen LogP contribution is -2.41. The van der Waals surface area contributed by atoms with Crippen molar-refractivity contribution in [2.75, 3.05) is 13.1 Å². The second-order valence-electron chi connectivity index (χ2n) is 6.67. The third-order valence-corrected chi connectivity index (χ3v) is 6.95. The average Bonchev–Trinajstić information content (AvgIpc) is 3.24. The van der Waals surface area contributed by atoms with Crippen LogP contribution < -0.4 is 0 Å². The molecule has 2 aromatic rings. The molecule has 0 amide bonds. The normalized spacial score (nSPS) is 21.7. The van der Waals surface area contributed by atoms with Crippen molar-refractivity contribution in [2.24, 2.45) is 0 Å². The van der Waals surface area contributed by atoms with Crippen molar-refractivity contribution < 1.29 is 13.2 Å². The van der Waals surface area contributed by atoms with Gasteiger partial charge in [0.15, 0.2) is 5.03 Å². The Morgan fingerprint density at radius 2 is 1.75 bits per heavy atom. The summed E-state index contributed by atoms with van der Waals surface area (Å²) >= 11 is 0. The lowest BCUT2D eigenvalue weighted by atomic mass is 10.1. The van der Waals surface area contributed by atoms with Crippen LogP contribution in [-0.4, -0.2) is 47.4 Å². The van der Waals surface area contributed by atoms with E-state index in [0.717, 1.165) is 25.7 Å². The van der Waals surface area contributed by atoms with Crippen LogP contribution in [0.4, 0.5) is 0 Å². The van der Waals surface area contributed by atoms with Gasteiger partial charge in [0, 0.05) is 19.3 Å². The van der Waals surface area contributed by atoms with Crippen LogP contribution in [0.2, 0.25) is 0 Å². The van der Waals surface area contributed by atoms with Gasteiger partial charge in [-0.05, 0) is 37.8 Å². The molecule has 3 heterocycles. The third kappa shape index (κ3) is 2.96. The summed E-state index contributed by atoms with van der Waals surface area (Å²) in [6.07, 6.45) is 10.1. The Morgan fingerprint density at radius 3 is 2.50 bits per heavy atom. The van der Waals surface area contributed by atoms with E-state index in [1.165, 1.54) is 19.0 Å². The van der Waals surface area contributed by atoms with Crippen molar-refractivity contribution in [3.05, 3.63) is 30.6 Å². The lowest BCUT2D eigenvalue weighted by molar-refractivity contribution is -0.0302. The molecule has 0 bridgehead atoms. The largest absolute Gasteiger partial charge is 0.375 e. The molecule has 1 aliphatic carbocycles. The summed E-state index contributed by atoms with van der Waals surface area (Å²) in [5, 5.41) is 0.244. The number of aromatic nitrogens is 2. The zero-order valence-corrected chi connectivity index (χ0v) is 14.5. The van der Waals surface area contributed by atoms with E-state index in [2.05, 4.69) is 4.98 Å². The number of imidazole rings is 1. The van der Waals surface area contributed by atoms with Gasteiger partial charge in [0.05, 0.1) is 18.4 Å². The summed E-state index contributed by atoms with van der Waals surface area (Å²) in [6, 6.07) is 5.47. The number of fused-ring (bicyclic) bond motifs is 1. The smallest absolute Gasteiger partial charge is 0.260 e. The van der Waals surface area contributed by atoms with Crippen molar-refractivity contribution in [3.8, 4) is 0 Å². The summed E-state index contributed by atoms with van der Waals surface area (Å²) in [5.74, 6) is 0. The molecular formula is C17H23N3O3S. The fourth-order valence-corrected chi connectivity index (χ4v) is 5.28. The summed E-state index contributed by atoms with van der Waals surface area (Å²) in [6.45, 7) is 1.03. The molecule has 24 heavy (non-hydrogen) atoms. The van der Waals surface area contributed by atoms with Crippen LogP contribution in [0, 0.1) is 0 Å². The Hall–Kier alpha value is -1.44. The first-order valence-corrected chi connectivity index (χ1v) is 10.2. The molecule has 6 nitrogen and oxygen atoms in total. The monoisotopic (exact) mass is 349 g/mol. The Labute approximate surface area is 142 Å². The topological polar surface area (TPSA) is 63.9 Å². The van der Waals surface area contributed by atoms with E-state index < -0.39 is 10.0 Å². The van der Waals surface area contributed by atoms with Crippen molar-refractivity contribution in [1.82, 2.24) is 13.7 Å². The van der Waals surface area contributed by atoms with Crippen LogP contribution in [0.5, 0.6) is 0 Å². The van der Waals surface area contributed by atoms with Gasteiger partial charge in [0.2, 0.25) is 0 Å². The lowest BCUT2D eigenvalue weighted by Gasteiger charge is -2.32. The molecule has 0 aromatic carbocycles. The van der Waals surface area contributed by atoms with Crippen molar-refractivity contribution in [2.45, 2.75) is 55.8 Å². The quantitative estimate of drug-likeness (QED) is 0.850. The molecule has 0 unspecified atom stereocenters. The number of hydrogen-bond acceptors (Lipinski definition) is 4. The van der Waals surface area contributed by atoms with E-state index in [0.29, 0.717) is 24.8 Å². The van der Waals surface area contributed by atoms with E-state index in [4.69, 9.17) is 4.74 Å². The molecule has 4 rings (SSSR count). The fraction of sp³-hybridized carbons (Fsp3) is 0.588. The Bertz CT molecular complexity index is 803. The molecule has 7 heteroatoms. The number of pyridine rings is 1. The predicted molar refractivity (Wildman–Crippen MR) is 90.3 cm³/mol. The van der Waals surface area contributed by atoms with E-state index in [1.54, 1.807) is 21.0 Å². The second kappa shape index (κ2) is 6.46. The first-order chi connectivity index (χ1) is 11.6. The molecule has 2 aromatic heterocycles. The summed E-state index contributed by atoms with van der Waals surface area (Å²) < 4.78 is 35.2. The van der Waals surface area contributed by atoms with Crippen LogP contribution in [0.25, 0.3) is 5.65 Å². The van der Waals surface area contributed by atoms with Gasteiger partial charge in [-0.3, -0.25) is 4.40 Å². The minimum atomic E-state index is -3.52. The number of hydrogen-bond donors (Lipinski definition) is 0. The first kappa shape index (κ1) is 16.1. The Balaban J connectivity index is 1.46. The van der Waals surface area contributed by atoms with Gasteiger partial charge in [-0.15, -0.1) is 0 Å². The molecule has 1 saturated heterocycles. The van der Waals surface area contributed by atoms with Gasteiger partial charge in [0.1, 0.15) is 5.65 Å². The van der Waals surface area contributed by atoms with Gasteiger partial charge >= 0.3 is 0 Å². The summed E-state index contributed by atoms with van der Waals surface area (Å²) in [7, 11) is -3.52. The molecule has 0 radical (unpaired) electrons. The number of nitrogens with zero attached hydrogens (tertiary/aromatic N) is 3. The molecule has 2 aliphatic rings. The number of sulfonamides is 1. The van der Waals surface area contributed by atoms with E-state index in [1.807, 2.05) is 12.1 Å². The predicted octanol–water partition coefficient (Wildman–Crippen LogP) is 2.45. The highest BCUT2D eigenvalue weighted by Gasteiger charge is 2.33. The highest BCUT2D eigenvalue weighted by Crippen LogP contribution is 2.27. The van der Waals surface area contributed by atoms with E-state index >= 15 is 0 Å². The van der Waals surface area contributed by atoms with Crippen LogP contribution >= 0.6 is 0 Å². The van der Waals surface area contributed by atoms with Crippen LogP contribution in [0.15, 0.2) is 35.6 Å². The highest BCUT2D eigenvalue weighted by molar-refractivity contribution is 7.89. The standard InChI is InChI=1S/C17H23N3O3S/c21-24(22,17-13-18-16-7-3-4-10-20(16)17)19-11-8-15(9-12-19)23-14-5-1-2-6-14/h3-4,7,10,13-15H,1-2,5-6,8-9,11-12H2. The molecular weight excluding hydrogens is 326 g/mol. The zero-order valence-electron chi connectivity index (χ0n) is 13.7. The summed E-state index contributed by atoms with van der Waals surface area (Å²) in [5.41, 5.74) is 0.649. The molecule has 1 aliphatic heterocycles. The molecule has 1 saturated carbocycles. The maximum absolute atomic E-state index is 12.9. The van der Waals surface area contributed by atoms with Crippen LogP contribution in [0.3, 0.4) is 0 Å². The first-order valence-electron chi connectivity index (χ1n) is 8.72. The van der Waals surface area contributed by atoms with Crippen LogP contribution in [0.1, 0.15) is 38.5 Å².